The van der Waals surface area contributed by atoms with Crippen LogP contribution >= 0.6 is 0 Å². The third-order valence-electron chi connectivity index (χ3n) is 5.18. The van der Waals surface area contributed by atoms with E-state index < -0.39 is 0 Å². The van der Waals surface area contributed by atoms with Crippen molar-refractivity contribution in [3.63, 3.8) is 0 Å². The van der Waals surface area contributed by atoms with Crippen molar-refractivity contribution >= 4 is 5.91 Å². The van der Waals surface area contributed by atoms with Crippen LogP contribution in [0.5, 0.6) is 11.5 Å². The first-order valence-electron chi connectivity index (χ1n) is 9.35. The van der Waals surface area contributed by atoms with E-state index in [-0.39, 0.29) is 11.9 Å². The molecule has 1 saturated heterocycles. The Balaban J connectivity index is 1.58. The number of aromatic nitrogens is 2. The third kappa shape index (κ3) is 3.33. The summed E-state index contributed by atoms with van der Waals surface area (Å²) < 4.78 is 10.7. The van der Waals surface area contributed by atoms with Crippen molar-refractivity contribution in [1.82, 2.24) is 15.1 Å². The van der Waals surface area contributed by atoms with Gasteiger partial charge in [0.1, 0.15) is 5.69 Å². The fourth-order valence-electron chi connectivity index (χ4n) is 3.76. The third-order valence-corrected chi connectivity index (χ3v) is 5.18. The van der Waals surface area contributed by atoms with Gasteiger partial charge in [-0.05, 0) is 36.6 Å². The van der Waals surface area contributed by atoms with E-state index >= 15 is 0 Å². The number of methoxy groups -OCH3 is 2. The molecule has 1 atom stereocenters. The van der Waals surface area contributed by atoms with Gasteiger partial charge in [0, 0.05) is 12.1 Å². The smallest absolute Gasteiger partial charge is 0.272 e. The first-order chi connectivity index (χ1) is 13.7. The zero-order valence-electron chi connectivity index (χ0n) is 16.0. The average molecular weight is 377 g/mol. The molecular weight excluding hydrogens is 354 g/mol. The first-order valence-corrected chi connectivity index (χ1v) is 9.35. The Bertz CT molecular complexity index is 968. The van der Waals surface area contributed by atoms with Crippen LogP contribution in [-0.2, 0) is 0 Å². The zero-order chi connectivity index (χ0) is 19.5. The van der Waals surface area contributed by atoms with Gasteiger partial charge in [0.25, 0.3) is 5.91 Å². The number of benzene rings is 2. The molecule has 1 N–H and O–H groups in total. The molecule has 0 saturated carbocycles. The molecule has 1 fully saturated rings. The summed E-state index contributed by atoms with van der Waals surface area (Å²) >= 11 is 0. The van der Waals surface area contributed by atoms with Crippen LogP contribution in [0.2, 0.25) is 0 Å². The average Bonchev–Trinajstić information content (AvgIpc) is 3.43. The minimum atomic E-state index is -0.0352. The Hall–Kier alpha value is -3.28. The van der Waals surface area contributed by atoms with E-state index in [1.54, 1.807) is 14.2 Å². The molecule has 0 aliphatic carbocycles. The highest BCUT2D eigenvalue weighted by Gasteiger charge is 2.32. The number of hydrogen-bond donors (Lipinski definition) is 1. The molecule has 4 rings (SSSR count). The lowest BCUT2D eigenvalue weighted by Crippen LogP contribution is -2.30. The second-order valence-electron chi connectivity index (χ2n) is 6.80. The summed E-state index contributed by atoms with van der Waals surface area (Å²) in [6, 6.07) is 17.5. The minimum Gasteiger partial charge on any atom is -0.493 e. The van der Waals surface area contributed by atoms with Crippen molar-refractivity contribution in [2.24, 2.45) is 0 Å². The molecule has 6 nitrogen and oxygen atoms in total. The van der Waals surface area contributed by atoms with Gasteiger partial charge in [-0.1, -0.05) is 36.4 Å². The number of aromatic amines is 1. The predicted octanol–water partition coefficient (Wildman–Crippen LogP) is 4.07. The van der Waals surface area contributed by atoms with Crippen LogP contribution in [-0.4, -0.2) is 41.8 Å². The lowest BCUT2D eigenvalue weighted by molar-refractivity contribution is 0.0729. The Morgan fingerprint density at radius 3 is 2.61 bits per heavy atom. The molecule has 0 radical (unpaired) electrons. The van der Waals surface area contributed by atoms with Crippen LogP contribution in [0.25, 0.3) is 11.3 Å². The number of hydrogen-bond acceptors (Lipinski definition) is 4. The summed E-state index contributed by atoms with van der Waals surface area (Å²) in [4.78, 5) is 15.1. The summed E-state index contributed by atoms with van der Waals surface area (Å²) in [5.41, 5.74) is 3.30. The molecule has 144 valence electrons. The Labute approximate surface area is 164 Å². The molecule has 2 aromatic carbocycles. The van der Waals surface area contributed by atoms with Gasteiger partial charge in [-0.15, -0.1) is 0 Å². The fourth-order valence-corrected chi connectivity index (χ4v) is 3.76. The van der Waals surface area contributed by atoms with Crippen LogP contribution in [0.4, 0.5) is 0 Å². The molecule has 0 bridgehead atoms. The second kappa shape index (κ2) is 7.76. The van der Waals surface area contributed by atoms with Crippen molar-refractivity contribution in [3.8, 4) is 22.8 Å². The summed E-state index contributed by atoms with van der Waals surface area (Å²) in [6.45, 7) is 0.720. The van der Waals surface area contributed by atoms with Crippen LogP contribution in [0.1, 0.15) is 34.9 Å². The Morgan fingerprint density at radius 2 is 1.86 bits per heavy atom. The Morgan fingerprint density at radius 1 is 1.07 bits per heavy atom. The predicted molar refractivity (Wildman–Crippen MR) is 107 cm³/mol. The molecule has 0 spiro atoms. The Kier molecular flexibility index (Phi) is 5.02. The van der Waals surface area contributed by atoms with E-state index in [1.165, 1.54) is 0 Å². The number of carbonyl (C=O) groups excluding carboxylic acids is 1. The van der Waals surface area contributed by atoms with E-state index in [1.807, 2.05) is 59.5 Å². The number of nitrogens with zero attached hydrogens (tertiary/aromatic N) is 2. The van der Waals surface area contributed by atoms with Gasteiger partial charge in [0.15, 0.2) is 11.5 Å². The monoisotopic (exact) mass is 377 g/mol. The van der Waals surface area contributed by atoms with Crippen molar-refractivity contribution in [3.05, 3.63) is 65.9 Å². The topological polar surface area (TPSA) is 67.5 Å². The summed E-state index contributed by atoms with van der Waals surface area (Å²) in [5.74, 6) is 1.32. The van der Waals surface area contributed by atoms with Crippen molar-refractivity contribution in [1.29, 1.82) is 0 Å². The number of likely N-dealkylation sites (tertiary alicyclic amines) is 1. The number of carbonyl (C=O) groups is 1. The molecule has 1 amide bonds. The van der Waals surface area contributed by atoms with Crippen LogP contribution in [0.3, 0.4) is 0 Å². The standard InChI is InChI=1S/C22H23N3O3/c1-27-20-11-10-16(13-21(20)28-2)19-9-6-12-25(19)22(26)18-14-17(23-24-18)15-7-4-3-5-8-15/h3-5,7-8,10-11,13-14,19H,6,9,12H2,1-2H3,(H,23,24)/t19-/m0/s1. The number of ether oxygens (including phenoxy) is 2. The SMILES string of the molecule is COc1ccc([C@@H]2CCCN2C(=O)c2cc(-c3ccccc3)n[nH]2)cc1OC. The summed E-state index contributed by atoms with van der Waals surface area (Å²) in [7, 11) is 3.24. The maximum absolute atomic E-state index is 13.2. The minimum absolute atomic E-state index is 0.00998. The fraction of sp³-hybridized carbons (Fsp3) is 0.273. The van der Waals surface area contributed by atoms with Crippen LogP contribution in [0, 0.1) is 0 Å². The zero-order valence-corrected chi connectivity index (χ0v) is 16.0. The van der Waals surface area contributed by atoms with Gasteiger partial charge >= 0.3 is 0 Å². The van der Waals surface area contributed by atoms with E-state index in [4.69, 9.17) is 9.47 Å². The molecule has 28 heavy (non-hydrogen) atoms. The molecule has 1 aliphatic rings. The molecule has 1 aromatic heterocycles. The molecule has 6 heteroatoms. The van der Waals surface area contributed by atoms with Crippen molar-refractivity contribution in [2.75, 3.05) is 20.8 Å². The van der Waals surface area contributed by atoms with Gasteiger partial charge in [-0.25, -0.2) is 0 Å². The van der Waals surface area contributed by atoms with Crippen molar-refractivity contribution < 1.29 is 14.3 Å². The molecule has 0 unspecified atom stereocenters. The van der Waals surface area contributed by atoms with Gasteiger partial charge in [0.2, 0.25) is 0 Å². The first kappa shape index (κ1) is 18.1. The highest BCUT2D eigenvalue weighted by Crippen LogP contribution is 2.37. The highest BCUT2D eigenvalue weighted by molar-refractivity contribution is 5.94. The number of rotatable bonds is 5. The van der Waals surface area contributed by atoms with Gasteiger partial charge < -0.3 is 14.4 Å². The molecular formula is C22H23N3O3. The number of amides is 1. The molecule has 2 heterocycles. The highest BCUT2D eigenvalue weighted by atomic mass is 16.5. The van der Waals surface area contributed by atoms with Gasteiger partial charge in [-0.3, -0.25) is 9.89 Å². The second-order valence-corrected chi connectivity index (χ2v) is 6.80. The van der Waals surface area contributed by atoms with Gasteiger partial charge in [0.05, 0.1) is 26.0 Å². The maximum Gasteiger partial charge on any atom is 0.272 e. The number of H-pyrrole nitrogens is 1. The normalized spacial score (nSPS) is 16.2. The molecule has 1 aliphatic heterocycles. The number of nitrogens with one attached hydrogen (secondary N) is 1. The van der Waals surface area contributed by atoms with Gasteiger partial charge in [-0.2, -0.15) is 5.10 Å². The van der Waals surface area contributed by atoms with E-state index in [2.05, 4.69) is 10.2 Å². The van der Waals surface area contributed by atoms with Crippen LogP contribution in [0.15, 0.2) is 54.6 Å². The maximum atomic E-state index is 13.2. The van der Waals surface area contributed by atoms with E-state index in [0.29, 0.717) is 17.2 Å². The lowest BCUT2D eigenvalue weighted by atomic mass is 10.0. The van der Waals surface area contributed by atoms with E-state index in [0.717, 1.165) is 36.2 Å². The lowest BCUT2D eigenvalue weighted by Gasteiger charge is -2.25. The largest absolute Gasteiger partial charge is 0.493 e. The van der Waals surface area contributed by atoms with Crippen molar-refractivity contribution in [2.45, 2.75) is 18.9 Å². The summed E-state index contributed by atoms with van der Waals surface area (Å²) in [5, 5.41) is 7.23. The summed E-state index contributed by atoms with van der Waals surface area (Å²) in [6.07, 6.45) is 1.88. The van der Waals surface area contributed by atoms with E-state index in [9.17, 15) is 4.79 Å². The van der Waals surface area contributed by atoms with Crippen LogP contribution < -0.4 is 9.47 Å². The quantitative estimate of drug-likeness (QED) is 0.728. The molecule has 3 aromatic rings.